The summed E-state index contributed by atoms with van der Waals surface area (Å²) < 4.78 is 0. The summed E-state index contributed by atoms with van der Waals surface area (Å²) in [5, 5.41) is 3.68. The van der Waals surface area contributed by atoms with Crippen LogP contribution < -0.4 is 5.32 Å². The first kappa shape index (κ1) is 12.6. The Labute approximate surface area is 95.0 Å². The van der Waals surface area contributed by atoms with Gasteiger partial charge >= 0.3 is 0 Å². The maximum Gasteiger partial charge on any atom is 0.0104 e. The van der Waals surface area contributed by atoms with Crippen LogP contribution in [0.15, 0.2) is 0 Å². The molecule has 15 heavy (non-hydrogen) atoms. The fourth-order valence-corrected chi connectivity index (χ4v) is 2.18. The minimum Gasteiger partial charge on any atom is -0.314 e. The molecule has 2 unspecified atom stereocenters. The zero-order valence-electron chi connectivity index (χ0n) is 10.5. The summed E-state index contributed by atoms with van der Waals surface area (Å²) in [4.78, 5) is 0. The topological polar surface area (TPSA) is 12.0 Å². The summed E-state index contributed by atoms with van der Waals surface area (Å²) in [6, 6.07) is 0.693. The van der Waals surface area contributed by atoms with E-state index in [0.29, 0.717) is 6.04 Å². The fourth-order valence-electron chi connectivity index (χ4n) is 2.18. The molecule has 1 fully saturated rings. The van der Waals surface area contributed by atoms with E-state index in [0.717, 1.165) is 24.8 Å². The molecule has 0 aromatic rings. The predicted molar refractivity (Wildman–Crippen MR) is 66.7 cm³/mol. The Hall–Kier alpha value is -0.480. The number of hydrogen-bond acceptors (Lipinski definition) is 1. The van der Waals surface area contributed by atoms with Crippen molar-refractivity contribution in [3.05, 3.63) is 0 Å². The van der Waals surface area contributed by atoms with Crippen molar-refractivity contribution in [1.82, 2.24) is 5.32 Å². The van der Waals surface area contributed by atoms with Crippen LogP contribution >= 0.6 is 0 Å². The Bertz CT molecular complexity index is 219. The van der Waals surface area contributed by atoms with Crippen LogP contribution in [-0.4, -0.2) is 12.6 Å². The largest absolute Gasteiger partial charge is 0.314 e. The highest BCUT2D eigenvalue weighted by molar-refractivity contribution is 4.97. The molecule has 1 rings (SSSR count). The van der Waals surface area contributed by atoms with E-state index in [1.807, 2.05) is 6.92 Å². The van der Waals surface area contributed by atoms with E-state index in [2.05, 4.69) is 31.0 Å². The minimum atomic E-state index is 0.693. The first-order valence-corrected chi connectivity index (χ1v) is 6.42. The molecule has 1 aliphatic carbocycles. The molecule has 1 N–H and O–H groups in total. The van der Waals surface area contributed by atoms with Gasteiger partial charge in [0.05, 0.1) is 0 Å². The molecular formula is C14H25N. The van der Waals surface area contributed by atoms with Crippen LogP contribution in [0.1, 0.15) is 52.9 Å². The predicted octanol–water partition coefficient (Wildman–Crippen LogP) is 3.20. The van der Waals surface area contributed by atoms with Crippen molar-refractivity contribution in [2.45, 2.75) is 58.9 Å². The van der Waals surface area contributed by atoms with Crippen molar-refractivity contribution in [3.8, 4) is 11.8 Å². The molecule has 2 atom stereocenters. The molecule has 1 heteroatoms. The zero-order valence-corrected chi connectivity index (χ0v) is 10.5. The Kier molecular flexibility index (Phi) is 5.79. The quantitative estimate of drug-likeness (QED) is 0.632. The lowest BCUT2D eigenvalue weighted by Crippen LogP contribution is -2.36. The van der Waals surface area contributed by atoms with Crippen molar-refractivity contribution in [2.24, 2.45) is 11.8 Å². The highest BCUT2D eigenvalue weighted by Crippen LogP contribution is 2.39. The molecule has 0 aromatic carbocycles. The smallest absolute Gasteiger partial charge is 0.0104 e. The summed E-state index contributed by atoms with van der Waals surface area (Å²) in [7, 11) is 0. The van der Waals surface area contributed by atoms with Crippen LogP contribution in [0.2, 0.25) is 0 Å². The lowest BCUT2D eigenvalue weighted by molar-refractivity contribution is 0.328. The van der Waals surface area contributed by atoms with Crippen molar-refractivity contribution in [1.29, 1.82) is 0 Å². The fraction of sp³-hybridized carbons (Fsp3) is 0.857. The second-order valence-electron chi connectivity index (χ2n) is 4.72. The Morgan fingerprint density at radius 2 is 2.13 bits per heavy atom. The molecule has 1 aliphatic rings. The van der Waals surface area contributed by atoms with Gasteiger partial charge in [0.25, 0.3) is 0 Å². The third kappa shape index (κ3) is 4.71. The summed E-state index contributed by atoms with van der Waals surface area (Å²) in [5.41, 5.74) is 0. The van der Waals surface area contributed by atoms with Crippen LogP contribution in [0.25, 0.3) is 0 Å². The molecular weight excluding hydrogens is 182 g/mol. The first-order valence-electron chi connectivity index (χ1n) is 6.42. The van der Waals surface area contributed by atoms with Crippen molar-refractivity contribution >= 4 is 0 Å². The summed E-state index contributed by atoms with van der Waals surface area (Å²) in [5.74, 6) is 8.00. The molecule has 1 nitrogen and oxygen atoms in total. The van der Waals surface area contributed by atoms with Crippen LogP contribution in [0.4, 0.5) is 0 Å². The lowest BCUT2D eigenvalue weighted by Gasteiger charge is -2.24. The van der Waals surface area contributed by atoms with Gasteiger partial charge in [-0.1, -0.05) is 13.8 Å². The van der Waals surface area contributed by atoms with E-state index in [-0.39, 0.29) is 0 Å². The minimum absolute atomic E-state index is 0.693. The van der Waals surface area contributed by atoms with Crippen molar-refractivity contribution < 1.29 is 0 Å². The van der Waals surface area contributed by atoms with E-state index < -0.39 is 0 Å². The van der Waals surface area contributed by atoms with Gasteiger partial charge in [-0.25, -0.2) is 0 Å². The lowest BCUT2D eigenvalue weighted by atomic mass is 9.93. The summed E-state index contributed by atoms with van der Waals surface area (Å²) in [6.07, 6.45) is 6.40. The zero-order chi connectivity index (χ0) is 11.1. The molecule has 0 spiro atoms. The highest BCUT2D eigenvalue weighted by Gasteiger charge is 2.32. The Balaban J connectivity index is 2.31. The average Bonchev–Trinajstić information content (AvgIpc) is 3.06. The van der Waals surface area contributed by atoms with Gasteiger partial charge in [0, 0.05) is 12.5 Å². The molecule has 86 valence electrons. The van der Waals surface area contributed by atoms with Crippen molar-refractivity contribution in [3.63, 3.8) is 0 Å². The number of rotatable bonds is 7. The van der Waals surface area contributed by atoms with Gasteiger partial charge < -0.3 is 5.32 Å². The normalized spacial score (nSPS) is 19.1. The van der Waals surface area contributed by atoms with E-state index in [1.54, 1.807) is 0 Å². The monoisotopic (exact) mass is 207 g/mol. The standard InChI is InChI=1S/C14H25N/c1-4-6-7-8-14(15-11-5-2)12(3)13-9-10-13/h12-15H,5,7-11H2,1-3H3. The van der Waals surface area contributed by atoms with E-state index in [4.69, 9.17) is 0 Å². The highest BCUT2D eigenvalue weighted by atomic mass is 14.9. The molecule has 0 bridgehead atoms. The number of nitrogens with one attached hydrogen (secondary N) is 1. The molecule has 1 saturated carbocycles. The second-order valence-corrected chi connectivity index (χ2v) is 4.72. The van der Waals surface area contributed by atoms with Gasteiger partial charge in [-0.15, -0.1) is 11.8 Å². The maximum atomic E-state index is 3.68. The van der Waals surface area contributed by atoms with Gasteiger partial charge in [-0.05, 0) is 51.0 Å². The van der Waals surface area contributed by atoms with Crippen LogP contribution in [0.3, 0.4) is 0 Å². The maximum absolute atomic E-state index is 3.68. The molecule has 0 aliphatic heterocycles. The van der Waals surface area contributed by atoms with Gasteiger partial charge in [-0.2, -0.15) is 0 Å². The number of hydrogen-bond donors (Lipinski definition) is 1. The van der Waals surface area contributed by atoms with Gasteiger partial charge in [0.15, 0.2) is 0 Å². The molecule has 0 amide bonds. The summed E-state index contributed by atoms with van der Waals surface area (Å²) in [6.45, 7) is 7.72. The van der Waals surface area contributed by atoms with Gasteiger partial charge in [0.2, 0.25) is 0 Å². The Morgan fingerprint density at radius 1 is 1.40 bits per heavy atom. The van der Waals surface area contributed by atoms with E-state index in [1.165, 1.54) is 25.7 Å². The molecule has 0 radical (unpaired) electrons. The van der Waals surface area contributed by atoms with E-state index >= 15 is 0 Å². The van der Waals surface area contributed by atoms with Crippen LogP contribution in [0.5, 0.6) is 0 Å². The third-order valence-corrected chi connectivity index (χ3v) is 3.41. The third-order valence-electron chi connectivity index (χ3n) is 3.41. The molecule has 0 heterocycles. The van der Waals surface area contributed by atoms with Crippen LogP contribution in [0, 0.1) is 23.7 Å². The molecule has 0 aromatic heterocycles. The second kappa shape index (κ2) is 6.90. The SMILES string of the molecule is CC#CCCC(NCCC)C(C)C1CC1. The first-order chi connectivity index (χ1) is 7.29. The van der Waals surface area contributed by atoms with Gasteiger partial charge in [0.1, 0.15) is 0 Å². The van der Waals surface area contributed by atoms with Crippen LogP contribution in [-0.2, 0) is 0 Å². The van der Waals surface area contributed by atoms with Crippen molar-refractivity contribution in [2.75, 3.05) is 6.54 Å². The van der Waals surface area contributed by atoms with E-state index in [9.17, 15) is 0 Å². The average molecular weight is 207 g/mol. The molecule has 0 saturated heterocycles. The van der Waals surface area contributed by atoms with Gasteiger partial charge in [-0.3, -0.25) is 0 Å². The Morgan fingerprint density at radius 3 is 2.67 bits per heavy atom. The summed E-state index contributed by atoms with van der Waals surface area (Å²) >= 11 is 0.